The van der Waals surface area contributed by atoms with Crippen LogP contribution in [-0.2, 0) is 16.0 Å². The number of esters is 1. The van der Waals surface area contributed by atoms with E-state index in [2.05, 4.69) is 10.6 Å². The van der Waals surface area contributed by atoms with Gasteiger partial charge in [0.15, 0.2) is 0 Å². The number of benzene rings is 3. The lowest BCUT2D eigenvalue weighted by atomic mass is 9.99. The third kappa shape index (κ3) is 5.61. The number of methoxy groups -OCH3 is 1. The average Bonchev–Trinajstić information content (AvgIpc) is 2.79. The third-order valence-electron chi connectivity index (χ3n) is 4.71. The van der Waals surface area contributed by atoms with E-state index in [1.165, 1.54) is 19.2 Å². The molecule has 0 heterocycles. The Morgan fingerprint density at radius 2 is 1.37 bits per heavy atom. The fourth-order valence-corrected chi connectivity index (χ4v) is 3.18. The first-order valence-corrected chi connectivity index (χ1v) is 9.59. The molecule has 0 spiro atoms. The molecule has 0 aliphatic heterocycles. The van der Waals surface area contributed by atoms with Gasteiger partial charge in [-0.1, -0.05) is 72.8 Å². The van der Waals surface area contributed by atoms with Gasteiger partial charge in [-0.05, 0) is 28.8 Å². The van der Waals surface area contributed by atoms with Crippen molar-refractivity contribution >= 4 is 12.0 Å². The summed E-state index contributed by atoms with van der Waals surface area (Å²) in [6, 6.07) is 23.9. The molecule has 3 rings (SSSR count). The van der Waals surface area contributed by atoms with E-state index >= 15 is 0 Å². The number of carbonyl (C=O) groups is 2. The molecule has 0 fully saturated rings. The zero-order valence-electron chi connectivity index (χ0n) is 16.6. The molecule has 1 atom stereocenters. The minimum absolute atomic E-state index is 0.132. The van der Waals surface area contributed by atoms with Crippen molar-refractivity contribution in [2.75, 3.05) is 7.11 Å². The Bertz CT molecular complexity index is 920. The number of carbonyl (C=O) groups excluding carboxylic acids is 2. The fourth-order valence-electron chi connectivity index (χ4n) is 3.18. The third-order valence-corrected chi connectivity index (χ3v) is 4.71. The van der Waals surface area contributed by atoms with Gasteiger partial charge in [0.2, 0.25) is 0 Å². The monoisotopic (exact) mass is 404 g/mol. The summed E-state index contributed by atoms with van der Waals surface area (Å²) in [5, 5.41) is 15.1. The minimum Gasteiger partial charge on any atom is -0.508 e. The molecule has 0 unspecified atom stereocenters. The maximum Gasteiger partial charge on any atom is 0.328 e. The highest BCUT2D eigenvalue weighted by atomic mass is 16.5. The van der Waals surface area contributed by atoms with Crippen molar-refractivity contribution < 1.29 is 19.4 Å². The van der Waals surface area contributed by atoms with Crippen LogP contribution in [0, 0.1) is 0 Å². The first-order chi connectivity index (χ1) is 14.6. The van der Waals surface area contributed by atoms with Gasteiger partial charge in [0.05, 0.1) is 13.2 Å². The lowest BCUT2D eigenvalue weighted by Gasteiger charge is -2.22. The number of rotatable bonds is 7. The van der Waals surface area contributed by atoms with Crippen molar-refractivity contribution in [3.8, 4) is 5.75 Å². The number of urea groups is 1. The van der Waals surface area contributed by atoms with Crippen molar-refractivity contribution in [3.05, 3.63) is 102 Å². The second-order valence-corrected chi connectivity index (χ2v) is 6.82. The van der Waals surface area contributed by atoms with Crippen LogP contribution >= 0.6 is 0 Å². The number of aromatic hydroxyl groups is 1. The predicted molar refractivity (Wildman–Crippen MR) is 114 cm³/mol. The first kappa shape index (κ1) is 20.9. The van der Waals surface area contributed by atoms with Gasteiger partial charge < -0.3 is 20.5 Å². The van der Waals surface area contributed by atoms with Crippen LogP contribution in [-0.4, -0.2) is 30.3 Å². The summed E-state index contributed by atoms with van der Waals surface area (Å²) in [7, 11) is 1.28. The molecule has 0 aromatic heterocycles. The Balaban J connectivity index is 1.76. The van der Waals surface area contributed by atoms with Crippen LogP contribution in [0.2, 0.25) is 0 Å². The van der Waals surface area contributed by atoms with Crippen LogP contribution < -0.4 is 10.6 Å². The lowest BCUT2D eigenvalue weighted by molar-refractivity contribution is -0.142. The summed E-state index contributed by atoms with van der Waals surface area (Å²) >= 11 is 0. The number of amides is 2. The largest absolute Gasteiger partial charge is 0.508 e. The zero-order chi connectivity index (χ0) is 21.3. The molecule has 0 radical (unpaired) electrons. The van der Waals surface area contributed by atoms with Crippen molar-refractivity contribution in [2.45, 2.75) is 18.5 Å². The minimum atomic E-state index is -0.869. The molecule has 3 aromatic carbocycles. The van der Waals surface area contributed by atoms with E-state index < -0.39 is 18.0 Å². The number of phenolic OH excluding ortho intramolecular Hbond substituents is 1. The van der Waals surface area contributed by atoms with E-state index in [1.807, 2.05) is 60.7 Å². The van der Waals surface area contributed by atoms with Crippen molar-refractivity contribution in [1.29, 1.82) is 0 Å². The molecule has 0 aliphatic rings. The molecule has 3 N–H and O–H groups in total. The van der Waals surface area contributed by atoms with Gasteiger partial charge >= 0.3 is 12.0 Å². The van der Waals surface area contributed by atoms with Crippen LogP contribution in [0.15, 0.2) is 84.9 Å². The molecule has 6 heteroatoms. The van der Waals surface area contributed by atoms with Crippen molar-refractivity contribution in [2.24, 2.45) is 0 Å². The van der Waals surface area contributed by atoms with Gasteiger partial charge in [0.25, 0.3) is 0 Å². The van der Waals surface area contributed by atoms with Crippen LogP contribution in [0.3, 0.4) is 0 Å². The van der Waals surface area contributed by atoms with E-state index in [1.54, 1.807) is 12.1 Å². The number of nitrogens with one attached hydrogen (secondary N) is 2. The summed E-state index contributed by atoms with van der Waals surface area (Å²) in [5.74, 6) is -0.415. The van der Waals surface area contributed by atoms with Gasteiger partial charge in [-0.2, -0.15) is 0 Å². The molecule has 0 bridgehead atoms. The molecular formula is C24H24N2O4. The Kier molecular flexibility index (Phi) is 7.05. The van der Waals surface area contributed by atoms with Crippen LogP contribution in [0.4, 0.5) is 4.79 Å². The highest BCUT2D eigenvalue weighted by molar-refractivity contribution is 5.84. The van der Waals surface area contributed by atoms with Gasteiger partial charge in [-0.15, -0.1) is 0 Å². The number of phenols is 1. The van der Waals surface area contributed by atoms with Crippen molar-refractivity contribution in [1.82, 2.24) is 10.6 Å². The Morgan fingerprint density at radius 3 is 1.87 bits per heavy atom. The molecule has 154 valence electrons. The molecule has 3 aromatic rings. The SMILES string of the molecule is COC(=O)[C@@H](Cc1ccc(O)cc1)NC(=O)NC(c1ccccc1)c1ccccc1. The van der Waals surface area contributed by atoms with Crippen molar-refractivity contribution in [3.63, 3.8) is 0 Å². The Hall–Kier alpha value is -3.80. The summed E-state index contributed by atoms with van der Waals surface area (Å²) in [5.41, 5.74) is 2.63. The highest BCUT2D eigenvalue weighted by Crippen LogP contribution is 2.21. The summed E-state index contributed by atoms with van der Waals surface area (Å²) in [6.07, 6.45) is 0.238. The quantitative estimate of drug-likeness (QED) is 0.526. The standard InChI is InChI=1S/C24H24N2O4/c1-30-23(28)21(16-17-12-14-20(27)15-13-17)25-24(29)26-22(18-8-4-2-5-9-18)19-10-6-3-7-11-19/h2-15,21-22,27H,16H2,1H3,(H2,25,26,29)/t21-/m1/s1. The average molecular weight is 404 g/mol. The molecule has 0 saturated carbocycles. The Morgan fingerprint density at radius 1 is 0.833 bits per heavy atom. The maximum absolute atomic E-state index is 12.8. The molecule has 30 heavy (non-hydrogen) atoms. The molecule has 0 saturated heterocycles. The number of hydrogen-bond acceptors (Lipinski definition) is 4. The van der Waals surface area contributed by atoms with Gasteiger partial charge in [0, 0.05) is 6.42 Å². The predicted octanol–water partition coefficient (Wildman–Crippen LogP) is 3.57. The van der Waals surface area contributed by atoms with Crippen LogP contribution in [0.25, 0.3) is 0 Å². The molecule has 6 nitrogen and oxygen atoms in total. The van der Waals surface area contributed by atoms with Gasteiger partial charge in [-0.3, -0.25) is 0 Å². The normalized spacial score (nSPS) is 11.5. The smallest absolute Gasteiger partial charge is 0.328 e. The summed E-state index contributed by atoms with van der Waals surface area (Å²) in [6.45, 7) is 0. The maximum atomic E-state index is 12.8. The molecule has 0 aliphatic carbocycles. The van der Waals surface area contributed by atoms with Gasteiger partial charge in [-0.25, -0.2) is 9.59 Å². The van der Waals surface area contributed by atoms with Crippen LogP contribution in [0.1, 0.15) is 22.7 Å². The second-order valence-electron chi connectivity index (χ2n) is 6.82. The molecule has 2 amide bonds. The van der Waals surface area contributed by atoms with E-state index in [4.69, 9.17) is 4.74 Å². The first-order valence-electron chi connectivity index (χ1n) is 9.59. The van der Waals surface area contributed by atoms with E-state index in [0.717, 1.165) is 16.7 Å². The summed E-state index contributed by atoms with van der Waals surface area (Å²) in [4.78, 5) is 25.0. The van der Waals surface area contributed by atoms with Crippen LogP contribution in [0.5, 0.6) is 5.75 Å². The molecular weight excluding hydrogens is 380 g/mol. The fraction of sp³-hybridized carbons (Fsp3) is 0.167. The van der Waals surface area contributed by atoms with E-state index in [-0.39, 0.29) is 18.2 Å². The number of hydrogen-bond donors (Lipinski definition) is 3. The summed E-state index contributed by atoms with van der Waals surface area (Å²) < 4.78 is 4.85. The van der Waals surface area contributed by atoms with E-state index in [9.17, 15) is 14.7 Å². The highest BCUT2D eigenvalue weighted by Gasteiger charge is 2.24. The Labute approximate surface area is 175 Å². The zero-order valence-corrected chi connectivity index (χ0v) is 16.6. The lowest BCUT2D eigenvalue weighted by Crippen LogP contribution is -2.48. The topological polar surface area (TPSA) is 87.7 Å². The second kappa shape index (κ2) is 10.1. The number of ether oxygens (including phenoxy) is 1. The van der Waals surface area contributed by atoms with Gasteiger partial charge in [0.1, 0.15) is 11.8 Å². The van der Waals surface area contributed by atoms with E-state index in [0.29, 0.717) is 0 Å².